The van der Waals surface area contributed by atoms with Crippen molar-refractivity contribution in [2.24, 2.45) is 7.05 Å². The molecule has 1 aromatic carbocycles. The SMILES string of the molecule is Cc1ccc(NC(=O)CCc2nc3c([nH]2)c(=O)[nH]c(=O)n3C)cc1S(=O)(=O)N1CCOCC1. The number of aromatic nitrogens is 4. The molecule has 13 heteroatoms. The average molecular weight is 477 g/mol. The van der Waals surface area contributed by atoms with Crippen LogP contribution in [0.15, 0.2) is 32.7 Å². The summed E-state index contributed by atoms with van der Waals surface area (Å²) in [7, 11) is -2.22. The first kappa shape index (κ1) is 22.9. The predicted octanol–water partition coefficient (Wildman–Crippen LogP) is -0.149. The van der Waals surface area contributed by atoms with Gasteiger partial charge in [0.25, 0.3) is 5.56 Å². The van der Waals surface area contributed by atoms with E-state index in [9.17, 15) is 22.8 Å². The highest BCUT2D eigenvalue weighted by molar-refractivity contribution is 7.89. The van der Waals surface area contributed by atoms with Gasteiger partial charge in [0, 0.05) is 38.7 Å². The number of nitrogens with zero attached hydrogens (tertiary/aromatic N) is 3. The lowest BCUT2D eigenvalue weighted by atomic mass is 10.2. The molecule has 12 nitrogen and oxygen atoms in total. The highest BCUT2D eigenvalue weighted by atomic mass is 32.2. The molecule has 0 aliphatic carbocycles. The van der Waals surface area contributed by atoms with Crippen LogP contribution in [0.25, 0.3) is 11.2 Å². The van der Waals surface area contributed by atoms with Crippen LogP contribution >= 0.6 is 0 Å². The third-order valence-electron chi connectivity index (χ3n) is 5.45. The first-order chi connectivity index (χ1) is 15.7. The Balaban J connectivity index is 1.47. The summed E-state index contributed by atoms with van der Waals surface area (Å²) in [5.41, 5.74) is 0.147. The van der Waals surface area contributed by atoms with Gasteiger partial charge in [0.2, 0.25) is 15.9 Å². The highest BCUT2D eigenvalue weighted by Crippen LogP contribution is 2.24. The van der Waals surface area contributed by atoms with E-state index in [-0.39, 0.29) is 47.9 Å². The highest BCUT2D eigenvalue weighted by Gasteiger charge is 2.28. The second-order valence-corrected chi connectivity index (χ2v) is 9.65. The van der Waals surface area contributed by atoms with E-state index in [0.29, 0.717) is 30.3 Å². The minimum Gasteiger partial charge on any atom is -0.379 e. The van der Waals surface area contributed by atoms with Crippen LogP contribution in [-0.2, 0) is 33.0 Å². The Morgan fingerprint density at radius 1 is 1.21 bits per heavy atom. The molecule has 1 amide bonds. The molecule has 1 saturated heterocycles. The number of H-pyrrole nitrogens is 2. The number of anilines is 1. The van der Waals surface area contributed by atoms with Gasteiger partial charge < -0.3 is 15.0 Å². The summed E-state index contributed by atoms with van der Waals surface area (Å²) in [4.78, 5) is 45.5. The number of carbonyl (C=O) groups is 1. The van der Waals surface area contributed by atoms with Crippen LogP contribution in [-0.4, -0.2) is 64.5 Å². The molecule has 0 radical (unpaired) electrons. The number of ether oxygens (including phenoxy) is 1. The Hall–Kier alpha value is -3.29. The first-order valence-electron chi connectivity index (χ1n) is 10.3. The van der Waals surface area contributed by atoms with Crippen molar-refractivity contribution in [1.29, 1.82) is 0 Å². The number of aryl methyl sites for hydroxylation is 3. The van der Waals surface area contributed by atoms with Crippen molar-refractivity contribution in [2.45, 2.75) is 24.7 Å². The van der Waals surface area contributed by atoms with Crippen molar-refractivity contribution in [1.82, 2.24) is 23.8 Å². The molecule has 0 unspecified atom stereocenters. The molecule has 0 atom stereocenters. The molecular weight excluding hydrogens is 452 g/mol. The van der Waals surface area contributed by atoms with E-state index in [1.165, 1.54) is 22.0 Å². The van der Waals surface area contributed by atoms with Gasteiger partial charge in [-0.3, -0.25) is 19.1 Å². The van der Waals surface area contributed by atoms with Crippen LogP contribution in [0.1, 0.15) is 17.8 Å². The first-order valence-corrected chi connectivity index (χ1v) is 11.8. The Labute approximate surface area is 188 Å². The number of morpholine rings is 1. The van der Waals surface area contributed by atoms with Gasteiger partial charge in [-0.25, -0.2) is 18.2 Å². The molecule has 4 rings (SSSR count). The molecular formula is C20H24N6O6S. The van der Waals surface area contributed by atoms with E-state index >= 15 is 0 Å². The third-order valence-corrected chi connectivity index (χ3v) is 7.49. The number of aromatic amines is 2. The fraction of sp³-hybridized carbons (Fsp3) is 0.400. The van der Waals surface area contributed by atoms with Gasteiger partial charge in [-0.2, -0.15) is 4.31 Å². The van der Waals surface area contributed by atoms with E-state index in [1.807, 2.05) is 0 Å². The molecule has 176 valence electrons. The molecule has 3 N–H and O–H groups in total. The summed E-state index contributed by atoms with van der Waals surface area (Å²) in [6.45, 7) is 2.96. The zero-order valence-electron chi connectivity index (χ0n) is 18.2. The van der Waals surface area contributed by atoms with Gasteiger partial charge in [0.05, 0.1) is 18.1 Å². The van der Waals surface area contributed by atoms with E-state index in [1.54, 1.807) is 19.1 Å². The quantitative estimate of drug-likeness (QED) is 0.446. The number of benzene rings is 1. The van der Waals surface area contributed by atoms with Crippen molar-refractivity contribution in [3.8, 4) is 0 Å². The van der Waals surface area contributed by atoms with E-state index in [4.69, 9.17) is 4.74 Å². The number of imidazole rings is 1. The molecule has 0 saturated carbocycles. The standard InChI is InChI=1S/C20H24N6O6S/c1-12-3-4-13(11-14(12)33(30,31)26-7-9-32-10-8-26)21-16(27)6-5-15-22-17-18(23-15)25(2)20(29)24-19(17)28/h3-4,11H,5-10H2,1-2H3,(H,21,27)(H,22,23)(H,24,28,29). The molecule has 0 bridgehead atoms. The van der Waals surface area contributed by atoms with Crippen LogP contribution in [0.3, 0.4) is 0 Å². The lowest BCUT2D eigenvalue weighted by molar-refractivity contribution is -0.116. The topological polar surface area (TPSA) is 159 Å². The van der Waals surface area contributed by atoms with Crippen molar-refractivity contribution >= 4 is 32.8 Å². The van der Waals surface area contributed by atoms with Gasteiger partial charge >= 0.3 is 5.69 Å². The molecule has 3 heterocycles. The van der Waals surface area contributed by atoms with Crippen LogP contribution in [0.4, 0.5) is 5.69 Å². The van der Waals surface area contributed by atoms with Crippen molar-refractivity contribution in [2.75, 3.05) is 31.6 Å². The Morgan fingerprint density at radius 3 is 2.67 bits per heavy atom. The number of carbonyl (C=O) groups excluding carboxylic acids is 1. The van der Waals surface area contributed by atoms with Crippen LogP contribution < -0.4 is 16.6 Å². The van der Waals surface area contributed by atoms with Crippen molar-refractivity contribution in [3.63, 3.8) is 0 Å². The summed E-state index contributed by atoms with van der Waals surface area (Å²) < 4.78 is 33.8. The molecule has 3 aromatic rings. The van der Waals surface area contributed by atoms with Crippen LogP contribution in [0, 0.1) is 6.92 Å². The van der Waals surface area contributed by atoms with E-state index in [0.717, 1.165) is 0 Å². The molecule has 2 aromatic heterocycles. The lowest BCUT2D eigenvalue weighted by Crippen LogP contribution is -2.40. The minimum absolute atomic E-state index is 0.0328. The zero-order chi connectivity index (χ0) is 23.8. The molecule has 0 spiro atoms. The Bertz CT molecular complexity index is 1430. The number of rotatable bonds is 6. The third kappa shape index (κ3) is 4.60. The fourth-order valence-electron chi connectivity index (χ4n) is 3.61. The Kier molecular flexibility index (Phi) is 6.19. The lowest BCUT2D eigenvalue weighted by Gasteiger charge is -2.26. The summed E-state index contributed by atoms with van der Waals surface area (Å²) in [5.74, 6) is 0.0307. The second kappa shape index (κ2) is 8.92. The maximum atomic E-state index is 13.0. The van der Waals surface area contributed by atoms with Gasteiger partial charge in [0.15, 0.2) is 5.65 Å². The average Bonchev–Trinajstić information content (AvgIpc) is 3.23. The summed E-state index contributed by atoms with van der Waals surface area (Å²) in [6.07, 6.45) is 0.226. The fourth-order valence-corrected chi connectivity index (χ4v) is 5.27. The largest absolute Gasteiger partial charge is 0.379 e. The van der Waals surface area contributed by atoms with Crippen LogP contribution in [0.2, 0.25) is 0 Å². The molecule has 1 fully saturated rings. The van der Waals surface area contributed by atoms with Crippen molar-refractivity contribution in [3.05, 3.63) is 50.4 Å². The smallest absolute Gasteiger partial charge is 0.329 e. The van der Waals surface area contributed by atoms with E-state index in [2.05, 4.69) is 20.3 Å². The molecule has 33 heavy (non-hydrogen) atoms. The number of hydrogen-bond donors (Lipinski definition) is 3. The van der Waals surface area contributed by atoms with Crippen LogP contribution in [0.5, 0.6) is 0 Å². The monoisotopic (exact) mass is 476 g/mol. The number of fused-ring (bicyclic) bond motifs is 1. The number of sulfonamides is 1. The van der Waals surface area contributed by atoms with Gasteiger partial charge in [-0.05, 0) is 24.6 Å². The summed E-state index contributed by atoms with van der Waals surface area (Å²) in [6, 6.07) is 4.74. The normalized spacial score (nSPS) is 15.1. The van der Waals surface area contributed by atoms with Gasteiger partial charge in [0.1, 0.15) is 11.3 Å². The second-order valence-electron chi connectivity index (χ2n) is 7.75. The summed E-state index contributed by atoms with van der Waals surface area (Å²) >= 11 is 0. The zero-order valence-corrected chi connectivity index (χ0v) is 19.0. The van der Waals surface area contributed by atoms with Gasteiger partial charge in [-0.15, -0.1) is 0 Å². The van der Waals surface area contributed by atoms with E-state index < -0.39 is 21.3 Å². The predicted molar refractivity (Wildman–Crippen MR) is 120 cm³/mol. The number of amides is 1. The molecule has 1 aliphatic heterocycles. The Morgan fingerprint density at radius 2 is 1.94 bits per heavy atom. The van der Waals surface area contributed by atoms with Crippen molar-refractivity contribution < 1.29 is 17.9 Å². The number of nitrogens with one attached hydrogen (secondary N) is 3. The number of hydrogen-bond acceptors (Lipinski definition) is 7. The maximum Gasteiger partial charge on any atom is 0.329 e. The summed E-state index contributed by atoms with van der Waals surface area (Å²) in [5, 5.41) is 2.71. The maximum absolute atomic E-state index is 13.0. The molecule has 1 aliphatic rings. The van der Waals surface area contributed by atoms with Gasteiger partial charge in [-0.1, -0.05) is 6.07 Å². The minimum atomic E-state index is -3.71.